The minimum atomic E-state index is 0.0419. The van der Waals surface area contributed by atoms with Gasteiger partial charge in [-0.05, 0) is 25.7 Å². The largest absolute Gasteiger partial charge is 0.347 e. The summed E-state index contributed by atoms with van der Waals surface area (Å²) in [5.41, 5.74) is 0.650. The fourth-order valence-electron chi connectivity index (χ4n) is 2.94. The zero-order chi connectivity index (χ0) is 16.4. The summed E-state index contributed by atoms with van der Waals surface area (Å²) in [5.74, 6) is 0.575. The van der Waals surface area contributed by atoms with Crippen molar-refractivity contribution in [3.05, 3.63) is 23.0 Å². The Morgan fingerprint density at radius 3 is 2.70 bits per heavy atom. The molecule has 23 heavy (non-hydrogen) atoms. The van der Waals surface area contributed by atoms with Crippen LogP contribution in [-0.4, -0.2) is 57.5 Å². The van der Waals surface area contributed by atoms with Crippen molar-refractivity contribution in [3.8, 4) is 0 Å². The number of nitrogens with zero attached hydrogens (tertiary/aromatic N) is 6. The van der Waals surface area contributed by atoms with Crippen LogP contribution in [0.2, 0.25) is 0 Å². The molecule has 1 amide bonds. The number of piperidine rings is 1. The average molecular weight is 334 g/mol. The summed E-state index contributed by atoms with van der Waals surface area (Å²) in [6.45, 7) is 4.73. The van der Waals surface area contributed by atoms with E-state index in [2.05, 4.69) is 20.2 Å². The van der Waals surface area contributed by atoms with Gasteiger partial charge in [-0.3, -0.25) is 9.48 Å². The van der Waals surface area contributed by atoms with E-state index in [0.29, 0.717) is 11.5 Å². The van der Waals surface area contributed by atoms with Crippen molar-refractivity contribution in [3.63, 3.8) is 0 Å². The molecule has 3 heterocycles. The van der Waals surface area contributed by atoms with Crippen molar-refractivity contribution in [2.45, 2.75) is 19.8 Å². The van der Waals surface area contributed by atoms with Crippen LogP contribution in [0.1, 0.15) is 28.2 Å². The zero-order valence-electron chi connectivity index (χ0n) is 13.8. The lowest BCUT2D eigenvalue weighted by atomic mass is 9.96. The van der Waals surface area contributed by atoms with Gasteiger partial charge in [0, 0.05) is 39.9 Å². The summed E-state index contributed by atoms with van der Waals surface area (Å²) in [6.07, 6.45) is 5.53. The second-order valence-corrected chi connectivity index (χ2v) is 7.28. The predicted octanol–water partition coefficient (Wildman–Crippen LogP) is 1.57. The topological polar surface area (TPSA) is 67.2 Å². The molecule has 8 heteroatoms. The molecule has 124 valence electrons. The second kappa shape index (κ2) is 6.66. The maximum atomic E-state index is 12.4. The third kappa shape index (κ3) is 3.69. The van der Waals surface area contributed by atoms with Crippen molar-refractivity contribution in [2.75, 3.05) is 31.6 Å². The predicted molar refractivity (Wildman–Crippen MR) is 89.8 cm³/mol. The average Bonchev–Trinajstić information content (AvgIpc) is 3.16. The molecule has 0 spiro atoms. The van der Waals surface area contributed by atoms with Crippen LogP contribution in [0.3, 0.4) is 0 Å². The molecular formula is C15H22N6OS. The Balaban J connectivity index is 1.51. The highest BCUT2D eigenvalue weighted by atomic mass is 32.1. The van der Waals surface area contributed by atoms with Crippen LogP contribution in [0.15, 0.2) is 12.4 Å². The highest BCUT2D eigenvalue weighted by Gasteiger charge is 2.24. The Kier molecular flexibility index (Phi) is 4.61. The van der Waals surface area contributed by atoms with Gasteiger partial charge in [0.15, 0.2) is 0 Å². The lowest BCUT2D eigenvalue weighted by molar-refractivity contribution is 0.0765. The number of aryl methyl sites for hydroxylation is 2. The molecule has 0 radical (unpaired) electrons. The number of carbonyl (C=O) groups excluding carboxylic acids is 1. The first-order valence-electron chi connectivity index (χ1n) is 7.82. The van der Waals surface area contributed by atoms with Gasteiger partial charge < -0.3 is 9.80 Å². The fraction of sp³-hybridized carbons (Fsp3) is 0.600. The molecule has 0 bridgehead atoms. The Hall–Kier alpha value is -1.96. The minimum absolute atomic E-state index is 0.0419. The number of amides is 1. The van der Waals surface area contributed by atoms with E-state index < -0.39 is 0 Å². The first kappa shape index (κ1) is 15.9. The number of hydrogen-bond donors (Lipinski definition) is 0. The standard InChI is InChI=1S/C15H22N6OS/c1-11-17-18-15(23-11)21-6-4-12(5-7-21)9-19(2)14(22)13-8-16-20(3)10-13/h8,10,12H,4-7,9H2,1-3H3. The molecule has 0 aliphatic carbocycles. The van der Waals surface area contributed by atoms with Gasteiger partial charge in [-0.25, -0.2) is 0 Å². The maximum absolute atomic E-state index is 12.4. The Morgan fingerprint density at radius 2 is 2.13 bits per heavy atom. The molecule has 0 N–H and O–H groups in total. The SMILES string of the molecule is Cc1nnc(N2CCC(CN(C)C(=O)c3cnn(C)c3)CC2)s1. The van der Waals surface area contributed by atoms with Gasteiger partial charge in [0.2, 0.25) is 5.13 Å². The van der Waals surface area contributed by atoms with E-state index in [1.165, 1.54) is 0 Å². The number of rotatable bonds is 4. The van der Waals surface area contributed by atoms with Crippen molar-refractivity contribution in [2.24, 2.45) is 13.0 Å². The monoisotopic (exact) mass is 334 g/mol. The second-order valence-electron chi connectivity index (χ2n) is 6.12. The van der Waals surface area contributed by atoms with Crippen LogP contribution in [0.4, 0.5) is 5.13 Å². The molecular weight excluding hydrogens is 312 g/mol. The highest BCUT2D eigenvalue weighted by Crippen LogP contribution is 2.26. The van der Waals surface area contributed by atoms with E-state index in [1.807, 2.05) is 25.9 Å². The Morgan fingerprint density at radius 1 is 1.39 bits per heavy atom. The first-order chi connectivity index (χ1) is 11.0. The summed E-state index contributed by atoms with van der Waals surface area (Å²) < 4.78 is 1.66. The molecule has 2 aromatic rings. The summed E-state index contributed by atoms with van der Waals surface area (Å²) in [7, 11) is 3.69. The van der Waals surface area contributed by atoms with Crippen molar-refractivity contribution >= 4 is 22.4 Å². The molecule has 0 aromatic carbocycles. The molecule has 1 saturated heterocycles. The lowest BCUT2D eigenvalue weighted by Gasteiger charge is -2.33. The fourth-order valence-corrected chi connectivity index (χ4v) is 3.68. The van der Waals surface area contributed by atoms with Crippen molar-refractivity contribution < 1.29 is 4.79 Å². The van der Waals surface area contributed by atoms with E-state index in [4.69, 9.17) is 0 Å². The van der Waals surface area contributed by atoms with Crippen LogP contribution in [0, 0.1) is 12.8 Å². The summed E-state index contributed by atoms with van der Waals surface area (Å²) in [6, 6.07) is 0. The van der Waals surface area contributed by atoms with Gasteiger partial charge in [-0.2, -0.15) is 5.10 Å². The molecule has 1 fully saturated rings. The third-order valence-corrected chi connectivity index (χ3v) is 5.13. The smallest absolute Gasteiger partial charge is 0.256 e. The number of hydrogen-bond acceptors (Lipinski definition) is 6. The van der Waals surface area contributed by atoms with Gasteiger partial charge in [-0.1, -0.05) is 11.3 Å². The normalized spacial score (nSPS) is 15.9. The summed E-state index contributed by atoms with van der Waals surface area (Å²) >= 11 is 1.64. The van der Waals surface area contributed by atoms with Crippen LogP contribution in [-0.2, 0) is 7.05 Å². The molecule has 1 aliphatic heterocycles. The van der Waals surface area contributed by atoms with E-state index in [-0.39, 0.29) is 5.91 Å². The number of aromatic nitrogens is 4. The molecule has 0 unspecified atom stereocenters. The minimum Gasteiger partial charge on any atom is -0.347 e. The van der Waals surface area contributed by atoms with Gasteiger partial charge >= 0.3 is 0 Å². The lowest BCUT2D eigenvalue weighted by Crippen LogP contribution is -2.39. The van der Waals surface area contributed by atoms with E-state index >= 15 is 0 Å². The Labute approximate surface area is 139 Å². The van der Waals surface area contributed by atoms with Crippen LogP contribution in [0.25, 0.3) is 0 Å². The molecule has 2 aromatic heterocycles. The van der Waals surface area contributed by atoms with E-state index in [0.717, 1.165) is 42.6 Å². The summed E-state index contributed by atoms with van der Waals surface area (Å²) in [5, 5.41) is 14.4. The molecule has 3 rings (SSSR count). The van der Waals surface area contributed by atoms with Gasteiger partial charge in [0.1, 0.15) is 5.01 Å². The zero-order valence-corrected chi connectivity index (χ0v) is 14.6. The third-order valence-electron chi connectivity index (χ3n) is 4.23. The molecule has 0 atom stereocenters. The number of anilines is 1. The number of carbonyl (C=O) groups is 1. The first-order valence-corrected chi connectivity index (χ1v) is 8.63. The molecule has 1 aliphatic rings. The highest BCUT2D eigenvalue weighted by molar-refractivity contribution is 7.15. The maximum Gasteiger partial charge on any atom is 0.256 e. The van der Waals surface area contributed by atoms with Crippen molar-refractivity contribution in [1.82, 2.24) is 24.9 Å². The van der Waals surface area contributed by atoms with Crippen LogP contribution >= 0.6 is 11.3 Å². The quantitative estimate of drug-likeness (QED) is 0.849. The van der Waals surface area contributed by atoms with Crippen LogP contribution < -0.4 is 4.90 Å². The van der Waals surface area contributed by atoms with E-state index in [9.17, 15) is 4.79 Å². The molecule has 7 nitrogen and oxygen atoms in total. The molecule has 0 saturated carbocycles. The van der Waals surface area contributed by atoms with Gasteiger partial charge in [0.25, 0.3) is 5.91 Å². The summed E-state index contributed by atoms with van der Waals surface area (Å²) in [4.78, 5) is 16.5. The van der Waals surface area contributed by atoms with Crippen LogP contribution in [0.5, 0.6) is 0 Å². The van der Waals surface area contributed by atoms with Gasteiger partial charge in [0.05, 0.1) is 11.8 Å². The van der Waals surface area contributed by atoms with Gasteiger partial charge in [-0.15, -0.1) is 10.2 Å². The van der Waals surface area contributed by atoms with Crippen molar-refractivity contribution in [1.29, 1.82) is 0 Å². The van der Waals surface area contributed by atoms with E-state index in [1.54, 1.807) is 28.4 Å². The Bertz CT molecular complexity index is 673.